The molecule has 2 heteroatoms. The van der Waals surface area contributed by atoms with Gasteiger partial charge < -0.3 is 9.47 Å². The molecule has 0 N–H and O–H groups in total. The van der Waals surface area contributed by atoms with E-state index in [4.69, 9.17) is 0 Å². The monoisotopic (exact) mass is 730 g/mol. The van der Waals surface area contributed by atoms with Gasteiger partial charge in [0.2, 0.25) is 0 Å². The molecule has 1 heterocycles. The Bertz CT molecular complexity index is 2800. The predicted molar refractivity (Wildman–Crippen MR) is 242 cm³/mol. The van der Waals surface area contributed by atoms with Crippen molar-refractivity contribution in [2.75, 3.05) is 4.90 Å². The Balaban J connectivity index is 1.27. The van der Waals surface area contributed by atoms with E-state index in [0.29, 0.717) is 0 Å². The van der Waals surface area contributed by atoms with Crippen LogP contribution in [-0.2, 0) is 16.2 Å². The van der Waals surface area contributed by atoms with E-state index < -0.39 is 0 Å². The fourth-order valence-corrected chi connectivity index (χ4v) is 9.10. The minimum atomic E-state index is -0.237. The first-order valence-corrected chi connectivity index (χ1v) is 20.3. The highest BCUT2D eigenvalue weighted by Gasteiger charge is 2.38. The SMILES string of the molecule is Cc1ccc(N(c2ccc(C)c(C)c2)c2cc3c(c4ccccc24)-c2ccc(-n4c5ccc(C(C)(C)C)cc5c5cc(C(C)(C)C)ccc54)cc2C3(C)C)cc1. The maximum atomic E-state index is 2.51. The van der Waals surface area contributed by atoms with Crippen molar-refractivity contribution in [3.63, 3.8) is 0 Å². The summed E-state index contributed by atoms with van der Waals surface area (Å²) in [5, 5.41) is 5.19. The van der Waals surface area contributed by atoms with Gasteiger partial charge in [0.25, 0.3) is 0 Å². The molecule has 56 heavy (non-hydrogen) atoms. The Morgan fingerprint density at radius 2 is 1.09 bits per heavy atom. The van der Waals surface area contributed by atoms with Crippen LogP contribution in [0.4, 0.5) is 17.1 Å². The zero-order chi connectivity index (χ0) is 39.5. The first kappa shape index (κ1) is 36.1. The second kappa shape index (κ2) is 12.5. The number of rotatable bonds is 4. The Morgan fingerprint density at radius 1 is 0.500 bits per heavy atom. The fourth-order valence-electron chi connectivity index (χ4n) is 9.10. The summed E-state index contributed by atoms with van der Waals surface area (Å²) in [5.41, 5.74) is 19.1. The lowest BCUT2D eigenvalue weighted by Gasteiger charge is -2.30. The van der Waals surface area contributed by atoms with Crippen molar-refractivity contribution in [2.24, 2.45) is 0 Å². The van der Waals surface area contributed by atoms with E-state index in [9.17, 15) is 0 Å². The number of aromatic nitrogens is 1. The van der Waals surface area contributed by atoms with Crippen molar-refractivity contribution in [1.82, 2.24) is 4.57 Å². The Morgan fingerprint density at radius 3 is 1.68 bits per heavy atom. The summed E-state index contributed by atoms with van der Waals surface area (Å²) >= 11 is 0. The van der Waals surface area contributed by atoms with Crippen LogP contribution in [0.25, 0.3) is 49.4 Å². The lowest BCUT2D eigenvalue weighted by molar-refractivity contribution is 0.590. The topological polar surface area (TPSA) is 8.17 Å². The first-order chi connectivity index (χ1) is 26.5. The van der Waals surface area contributed by atoms with Crippen molar-refractivity contribution in [3.8, 4) is 16.8 Å². The van der Waals surface area contributed by atoms with Gasteiger partial charge in [0, 0.05) is 38.6 Å². The second-order valence-electron chi connectivity index (χ2n) is 19.0. The summed E-state index contributed by atoms with van der Waals surface area (Å²) in [5.74, 6) is 0. The Kier molecular flexibility index (Phi) is 8.02. The average molecular weight is 731 g/mol. The Hall–Kier alpha value is -5.60. The molecule has 8 aromatic rings. The van der Waals surface area contributed by atoms with Crippen molar-refractivity contribution < 1.29 is 0 Å². The van der Waals surface area contributed by atoms with Crippen LogP contribution in [0.15, 0.2) is 127 Å². The second-order valence-corrected chi connectivity index (χ2v) is 19.0. The van der Waals surface area contributed by atoms with Gasteiger partial charge in [-0.3, -0.25) is 0 Å². The van der Waals surface area contributed by atoms with Crippen LogP contribution in [0.3, 0.4) is 0 Å². The number of nitrogens with zero attached hydrogens (tertiary/aromatic N) is 2. The molecule has 0 spiro atoms. The van der Waals surface area contributed by atoms with Crippen molar-refractivity contribution in [1.29, 1.82) is 0 Å². The number of benzene rings is 7. The van der Waals surface area contributed by atoms with Crippen LogP contribution < -0.4 is 4.90 Å². The maximum absolute atomic E-state index is 2.51. The third-order valence-electron chi connectivity index (χ3n) is 12.7. The molecule has 0 radical (unpaired) electrons. The van der Waals surface area contributed by atoms with E-state index >= 15 is 0 Å². The van der Waals surface area contributed by atoms with Gasteiger partial charge in [-0.25, -0.2) is 0 Å². The highest BCUT2D eigenvalue weighted by molar-refractivity contribution is 6.12. The molecule has 7 aromatic carbocycles. The van der Waals surface area contributed by atoms with Gasteiger partial charge in [-0.05, 0) is 148 Å². The van der Waals surface area contributed by atoms with Gasteiger partial charge in [-0.2, -0.15) is 0 Å². The summed E-state index contributed by atoms with van der Waals surface area (Å²) in [6.07, 6.45) is 0. The molecule has 1 aliphatic rings. The van der Waals surface area contributed by atoms with Gasteiger partial charge in [-0.1, -0.05) is 122 Å². The van der Waals surface area contributed by atoms with E-state index in [2.05, 4.69) is 213 Å². The van der Waals surface area contributed by atoms with Gasteiger partial charge >= 0.3 is 0 Å². The molecule has 1 aromatic heterocycles. The summed E-state index contributed by atoms with van der Waals surface area (Å²) in [6.45, 7) is 25.3. The van der Waals surface area contributed by atoms with E-state index in [-0.39, 0.29) is 16.2 Å². The average Bonchev–Trinajstić information content (AvgIpc) is 3.60. The van der Waals surface area contributed by atoms with Gasteiger partial charge in [0.15, 0.2) is 0 Å². The van der Waals surface area contributed by atoms with E-state index in [1.165, 1.54) is 99.7 Å². The smallest absolute Gasteiger partial charge is 0.0543 e. The van der Waals surface area contributed by atoms with Gasteiger partial charge in [-0.15, -0.1) is 0 Å². The molecular weight excluding hydrogens is 677 g/mol. The van der Waals surface area contributed by atoms with E-state index in [1.807, 2.05) is 0 Å². The van der Waals surface area contributed by atoms with Crippen molar-refractivity contribution in [3.05, 3.63) is 166 Å². The number of hydrogen-bond acceptors (Lipinski definition) is 1. The molecule has 0 atom stereocenters. The number of hydrogen-bond donors (Lipinski definition) is 0. The van der Waals surface area contributed by atoms with Gasteiger partial charge in [0.05, 0.1) is 16.7 Å². The van der Waals surface area contributed by atoms with E-state index in [1.54, 1.807) is 0 Å². The lowest BCUT2D eigenvalue weighted by atomic mass is 9.81. The standard InChI is InChI=1S/C54H54N2/c1-33-16-21-38(22-17-33)55(39-23-18-34(2)35(3)28-39)50-32-47-51(42-15-13-12-14-41(42)50)43-25-24-40(31-46(43)54(47,10)11)56-48-26-19-36(52(4,5)6)29-44(48)45-30-37(53(7,8)9)20-27-49(45)56/h12-32H,1-11H3. The largest absolute Gasteiger partial charge is 0.310 e. The molecule has 0 unspecified atom stereocenters. The summed E-state index contributed by atoms with van der Waals surface area (Å²) in [4.78, 5) is 2.47. The zero-order valence-corrected chi connectivity index (χ0v) is 35.0. The molecule has 0 aliphatic heterocycles. The minimum Gasteiger partial charge on any atom is -0.310 e. The predicted octanol–water partition coefficient (Wildman–Crippen LogP) is 15.2. The summed E-state index contributed by atoms with van der Waals surface area (Å²) < 4.78 is 2.51. The van der Waals surface area contributed by atoms with Crippen molar-refractivity contribution in [2.45, 2.75) is 92.4 Å². The zero-order valence-electron chi connectivity index (χ0n) is 35.0. The molecular formula is C54H54N2. The van der Waals surface area contributed by atoms with Crippen LogP contribution in [0.1, 0.15) is 94.3 Å². The van der Waals surface area contributed by atoms with Crippen LogP contribution >= 0.6 is 0 Å². The maximum Gasteiger partial charge on any atom is 0.0543 e. The molecule has 1 aliphatic carbocycles. The third kappa shape index (κ3) is 5.60. The summed E-state index contributed by atoms with van der Waals surface area (Å²) in [6, 6.07) is 48.9. The summed E-state index contributed by atoms with van der Waals surface area (Å²) in [7, 11) is 0. The number of anilines is 3. The van der Waals surface area contributed by atoms with Gasteiger partial charge in [0.1, 0.15) is 0 Å². The van der Waals surface area contributed by atoms with Crippen LogP contribution in [-0.4, -0.2) is 4.57 Å². The number of fused-ring (bicyclic) bond motifs is 8. The third-order valence-corrected chi connectivity index (χ3v) is 12.7. The number of aryl methyl sites for hydroxylation is 3. The Labute approximate surface area is 333 Å². The highest BCUT2D eigenvalue weighted by Crippen LogP contribution is 2.55. The first-order valence-electron chi connectivity index (χ1n) is 20.3. The molecule has 0 fully saturated rings. The molecule has 0 saturated heterocycles. The molecule has 280 valence electrons. The highest BCUT2D eigenvalue weighted by atomic mass is 15.1. The molecule has 0 amide bonds. The molecule has 0 saturated carbocycles. The quantitative estimate of drug-likeness (QED) is 0.175. The molecule has 0 bridgehead atoms. The van der Waals surface area contributed by atoms with Crippen molar-refractivity contribution >= 4 is 49.6 Å². The normalized spacial score (nSPS) is 13.8. The fraction of sp³-hybridized carbons (Fsp3) is 0.259. The molecule has 9 rings (SSSR count). The van der Waals surface area contributed by atoms with Crippen LogP contribution in [0, 0.1) is 20.8 Å². The molecule has 2 nitrogen and oxygen atoms in total. The van der Waals surface area contributed by atoms with Crippen LogP contribution in [0.2, 0.25) is 0 Å². The lowest BCUT2D eigenvalue weighted by Crippen LogP contribution is -2.17. The van der Waals surface area contributed by atoms with Crippen LogP contribution in [0.5, 0.6) is 0 Å². The minimum absolute atomic E-state index is 0.0581. The van der Waals surface area contributed by atoms with E-state index in [0.717, 1.165) is 5.69 Å².